The Hall–Kier alpha value is -9.96. The summed E-state index contributed by atoms with van der Waals surface area (Å²) in [5, 5.41) is 11.9. The van der Waals surface area contributed by atoms with Crippen LogP contribution in [0.3, 0.4) is 0 Å². The van der Waals surface area contributed by atoms with Gasteiger partial charge in [0.1, 0.15) is 11.2 Å². The van der Waals surface area contributed by atoms with Crippen molar-refractivity contribution in [2.75, 3.05) is 4.90 Å². The van der Waals surface area contributed by atoms with Crippen LogP contribution in [0.2, 0.25) is 0 Å². The second-order valence-electron chi connectivity index (χ2n) is 19.5. The summed E-state index contributed by atoms with van der Waals surface area (Å²) < 4.78 is 9.46. The van der Waals surface area contributed by atoms with Gasteiger partial charge in [0.2, 0.25) is 0 Å². The lowest BCUT2D eigenvalue weighted by molar-refractivity contribution is 0.670. The van der Waals surface area contributed by atoms with Gasteiger partial charge in [0, 0.05) is 38.5 Å². The normalized spacial score (nSPS) is 11.7. The monoisotopic (exact) mass is 954 g/mol. The van der Waals surface area contributed by atoms with Gasteiger partial charge < -0.3 is 13.9 Å². The first-order chi connectivity index (χ1) is 37.2. The highest BCUT2D eigenvalue weighted by atomic mass is 16.3. The molecule has 3 heteroatoms. The highest BCUT2D eigenvalue weighted by Gasteiger charge is 2.24. The van der Waals surface area contributed by atoms with Gasteiger partial charge in [0.15, 0.2) is 0 Å². The number of rotatable bonds is 8. The fraction of sp³-hybridized carbons (Fsp3) is 0. The summed E-state index contributed by atoms with van der Waals surface area (Å²) in [7, 11) is 0. The average Bonchev–Trinajstić information content (AvgIpc) is 4.09. The van der Waals surface area contributed by atoms with Crippen LogP contribution >= 0.6 is 0 Å². The van der Waals surface area contributed by atoms with Crippen LogP contribution < -0.4 is 4.90 Å². The minimum absolute atomic E-state index is 0.853. The number of benzene rings is 13. The summed E-state index contributed by atoms with van der Waals surface area (Å²) in [6.07, 6.45) is 0. The van der Waals surface area contributed by atoms with E-state index in [-0.39, 0.29) is 0 Å². The molecule has 0 fully saturated rings. The highest BCUT2D eigenvalue weighted by molar-refractivity contribution is 6.20. The van der Waals surface area contributed by atoms with Gasteiger partial charge in [0.05, 0.1) is 27.8 Å². The Morgan fingerprint density at radius 3 is 1.59 bits per heavy atom. The molecule has 0 atom stereocenters. The minimum atomic E-state index is 0.853. The summed E-state index contributed by atoms with van der Waals surface area (Å²) in [6.45, 7) is 0. The molecule has 0 spiro atoms. The lowest BCUT2D eigenvalue weighted by Gasteiger charge is -2.27. The molecular formula is C72H46N2O. The van der Waals surface area contributed by atoms with Gasteiger partial charge in [0.25, 0.3) is 0 Å². The summed E-state index contributed by atoms with van der Waals surface area (Å²) in [5.41, 5.74) is 17.6. The first-order valence-corrected chi connectivity index (χ1v) is 25.7. The molecule has 0 N–H and O–H groups in total. The Bertz CT molecular complexity index is 4700. The zero-order valence-electron chi connectivity index (χ0n) is 40.9. The van der Waals surface area contributed by atoms with Gasteiger partial charge in [-0.1, -0.05) is 218 Å². The molecule has 2 aromatic heterocycles. The molecule has 0 amide bonds. The van der Waals surface area contributed by atoms with Crippen LogP contribution in [0.1, 0.15) is 0 Å². The van der Waals surface area contributed by atoms with Crippen molar-refractivity contribution in [3.8, 4) is 50.2 Å². The zero-order valence-corrected chi connectivity index (χ0v) is 40.9. The maximum atomic E-state index is 7.01. The molecule has 0 saturated carbocycles. The largest absolute Gasteiger partial charge is 0.455 e. The van der Waals surface area contributed by atoms with Gasteiger partial charge >= 0.3 is 0 Å². The first kappa shape index (κ1) is 42.7. The van der Waals surface area contributed by atoms with Crippen LogP contribution in [-0.4, -0.2) is 4.57 Å². The highest BCUT2D eigenvalue weighted by Crippen LogP contribution is 2.49. The molecule has 0 radical (unpaired) electrons. The van der Waals surface area contributed by atoms with Crippen molar-refractivity contribution in [3.05, 3.63) is 279 Å². The summed E-state index contributed by atoms with van der Waals surface area (Å²) in [5.74, 6) is 0. The molecule has 13 aromatic carbocycles. The third-order valence-corrected chi connectivity index (χ3v) is 15.4. The molecule has 0 aliphatic heterocycles. The maximum Gasteiger partial charge on any atom is 0.145 e. The van der Waals surface area contributed by atoms with Crippen LogP contribution in [0.5, 0.6) is 0 Å². The van der Waals surface area contributed by atoms with Crippen molar-refractivity contribution < 1.29 is 4.42 Å². The third kappa shape index (κ3) is 6.97. The van der Waals surface area contributed by atoms with Crippen LogP contribution in [0.15, 0.2) is 283 Å². The number of anilines is 3. The van der Waals surface area contributed by atoms with Crippen LogP contribution in [0.25, 0.3) is 126 Å². The Balaban J connectivity index is 0.917. The standard InChI is InChI=1S/C72H46N2O/c1-4-24-56-49(16-1)19-12-29-57(56)52-38-36-47(37-39-52)48-40-42-54(43-41-48)73(68-45-44-62(61-31-13-20-50-17-2-5-25-58(50)61)72-71(68)64-28-8-10-35-69(64)75-72)55-23-11-22-53(46-55)60-30-15-34-67-70(60)63-27-7-9-32-66(63)74(67)65-33-14-21-51-18-3-6-26-59(51)65/h1-46H. The molecule has 350 valence electrons. The molecule has 2 heterocycles. The molecule has 0 unspecified atom stereocenters. The Morgan fingerprint density at radius 1 is 0.293 bits per heavy atom. The second-order valence-corrected chi connectivity index (χ2v) is 19.5. The minimum Gasteiger partial charge on any atom is -0.455 e. The smallest absolute Gasteiger partial charge is 0.145 e. The number of fused-ring (bicyclic) bond motifs is 9. The molecule has 0 aliphatic carbocycles. The van der Waals surface area contributed by atoms with E-state index in [0.717, 1.165) is 66.8 Å². The second kappa shape index (κ2) is 17.4. The van der Waals surface area contributed by atoms with E-state index in [2.05, 4.69) is 289 Å². The van der Waals surface area contributed by atoms with Gasteiger partial charge in [-0.3, -0.25) is 0 Å². The van der Waals surface area contributed by atoms with Gasteiger partial charge in [-0.2, -0.15) is 0 Å². The van der Waals surface area contributed by atoms with E-state index in [9.17, 15) is 0 Å². The maximum absolute atomic E-state index is 7.01. The van der Waals surface area contributed by atoms with Crippen LogP contribution in [-0.2, 0) is 0 Å². The van der Waals surface area contributed by atoms with E-state index >= 15 is 0 Å². The predicted octanol–water partition coefficient (Wildman–Crippen LogP) is 20.3. The average molecular weight is 955 g/mol. The number of nitrogens with zero attached hydrogens (tertiary/aromatic N) is 2. The number of aromatic nitrogens is 1. The number of para-hydroxylation sites is 2. The van der Waals surface area contributed by atoms with Gasteiger partial charge in [-0.15, -0.1) is 0 Å². The summed E-state index contributed by atoms with van der Waals surface area (Å²) in [6, 6.07) is 101. The molecule has 0 aliphatic rings. The number of hydrogen-bond donors (Lipinski definition) is 0. The fourth-order valence-electron chi connectivity index (χ4n) is 12.0. The van der Waals surface area contributed by atoms with Gasteiger partial charge in [-0.25, -0.2) is 0 Å². The predicted molar refractivity (Wildman–Crippen MR) is 317 cm³/mol. The molecule has 15 rings (SSSR count). The van der Waals surface area contributed by atoms with E-state index in [0.29, 0.717) is 0 Å². The molecular weight excluding hydrogens is 909 g/mol. The van der Waals surface area contributed by atoms with Crippen molar-refractivity contribution in [3.63, 3.8) is 0 Å². The number of furan rings is 1. The lowest BCUT2D eigenvalue weighted by Crippen LogP contribution is -2.10. The Morgan fingerprint density at radius 2 is 0.827 bits per heavy atom. The molecule has 0 saturated heterocycles. The van der Waals surface area contributed by atoms with Gasteiger partial charge in [-0.05, 0) is 127 Å². The topological polar surface area (TPSA) is 21.3 Å². The zero-order chi connectivity index (χ0) is 49.4. The Labute approximate surface area is 434 Å². The van der Waals surface area contributed by atoms with E-state index in [4.69, 9.17) is 4.42 Å². The quantitative estimate of drug-likeness (QED) is 0.151. The summed E-state index contributed by atoms with van der Waals surface area (Å²) in [4.78, 5) is 2.42. The molecule has 0 bridgehead atoms. The fourth-order valence-corrected chi connectivity index (χ4v) is 12.0. The van der Waals surface area contributed by atoms with Crippen molar-refractivity contribution in [2.45, 2.75) is 0 Å². The van der Waals surface area contributed by atoms with Crippen molar-refractivity contribution in [1.82, 2.24) is 4.57 Å². The lowest BCUT2D eigenvalue weighted by atomic mass is 9.95. The Kier molecular flexibility index (Phi) is 9.89. The van der Waals surface area contributed by atoms with E-state index in [1.807, 2.05) is 0 Å². The number of hydrogen-bond acceptors (Lipinski definition) is 2. The van der Waals surface area contributed by atoms with E-state index in [1.165, 1.54) is 76.5 Å². The van der Waals surface area contributed by atoms with Crippen molar-refractivity contribution >= 4 is 93.1 Å². The van der Waals surface area contributed by atoms with Crippen molar-refractivity contribution in [2.24, 2.45) is 0 Å². The SMILES string of the molecule is c1cc(-c2cccc3c2c2ccccc2n3-c2cccc3ccccc23)cc(N(c2ccc(-c3ccc(-c4cccc5ccccc45)cc3)cc2)c2ccc(-c3cccc4ccccc34)c3oc4ccccc4c23)c1. The van der Waals surface area contributed by atoms with E-state index < -0.39 is 0 Å². The molecule has 3 nitrogen and oxygen atoms in total. The first-order valence-electron chi connectivity index (χ1n) is 25.7. The van der Waals surface area contributed by atoms with Crippen LogP contribution in [0, 0.1) is 0 Å². The summed E-state index contributed by atoms with van der Waals surface area (Å²) >= 11 is 0. The third-order valence-electron chi connectivity index (χ3n) is 15.4. The molecule has 75 heavy (non-hydrogen) atoms. The molecule has 15 aromatic rings. The van der Waals surface area contributed by atoms with Crippen molar-refractivity contribution in [1.29, 1.82) is 0 Å². The van der Waals surface area contributed by atoms with Crippen LogP contribution in [0.4, 0.5) is 17.1 Å². The van der Waals surface area contributed by atoms with E-state index in [1.54, 1.807) is 0 Å².